The van der Waals surface area contributed by atoms with E-state index in [2.05, 4.69) is 103 Å². The molecule has 20 aliphatic rings. The molecule has 6 amide bonds. The lowest BCUT2D eigenvalue weighted by atomic mass is 9.87. The van der Waals surface area contributed by atoms with Gasteiger partial charge in [0.15, 0.2) is 0 Å². The smallest absolute Gasteiger partial charge is 0.336 e. The van der Waals surface area contributed by atoms with Gasteiger partial charge in [0.1, 0.15) is 22.7 Å². The van der Waals surface area contributed by atoms with Gasteiger partial charge in [0.05, 0.1) is 38.6 Å². The van der Waals surface area contributed by atoms with E-state index in [4.69, 9.17) is 32.5 Å². The first-order valence-electron chi connectivity index (χ1n) is 52.7. The van der Waals surface area contributed by atoms with Gasteiger partial charge < -0.3 is 32.5 Å². The van der Waals surface area contributed by atoms with Gasteiger partial charge in [-0.15, -0.1) is 0 Å². The van der Waals surface area contributed by atoms with Gasteiger partial charge in [0, 0.05) is 103 Å². The number of aryl methyl sites for hydroxylation is 1. The van der Waals surface area contributed by atoms with Gasteiger partial charge in [0.25, 0.3) is 35.4 Å². The highest BCUT2D eigenvalue weighted by molar-refractivity contribution is 6.36. The normalized spacial score (nSPS) is 31.2. The minimum absolute atomic E-state index is 0.0359. The summed E-state index contributed by atoms with van der Waals surface area (Å²) < 4.78 is 37.7. The van der Waals surface area contributed by atoms with Crippen LogP contribution in [0.2, 0.25) is 0 Å². The minimum atomic E-state index is -0.326. The van der Waals surface area contributed by atoms with E-state index in [1.807, 2.05) is 86.6 Å². The summed E-state index contributed by atoms with van der Waals surface area (Å²) in [6.45, 7) is 8.63. The summed E-state index contributed by atoms with van der Waals surface area (Å²) in [5, 5.41) is 1.83. The molecule has 0 radical (unpaired) electrons. The molecule has 143 heavy (non-hydrogen) atoms. The van der Waals surface area contributed by atoms with Crippen LogP contribution in [0.25, 0.3) is 33.6 Å². The summed E-state index contributed by atoms with van der Waals surface area (Å²) in [5.41, 5.74) is 5.12. The van der Waals surface area contributed by atoms with Gasteiger partial charge in [-0.2, -0.15) is 0 Å². The minimum Gasteiger partial charge on any atom is -0.493 e. The Morgan fingerprint density at radius 3 is 1.16 bits per heavy atom. The molecule has 3 aliphatic heterocycles. The van der Waals surface area contributed by atoms with Crippen molar-refractivity contribution in [3.63, 3.8) is 0 Å². The number of esters is 3. The van der Waals surface area contributed by atoms with Crippen LogP contribution in [-0.2, 0) is 63.8 Å². The van der Waals surface area contributed by atoms with Crippen LogP contribution in [0.4, 0.5) is 0 Å². The molecule has 16 bridgehead atoms. The number of allylic oxidation sites excluding steroid dienone is 18. The zero-order valence-electron chi connectivity index (χ0n) is 82.0. The standard InChI is InChI=1S/C20H19NO2.C18H18O3.C17H16O3.C17H18O2.C13H15NO2.C13H18O2.C12H13NO2.C12H16O2/c22-19-17-8-7-13-3-1-2-4-16(13)18(17)20(23)21(19)11-15-10-12-5-6-14(15)9-12;19-18-6-4-13-3-5-16(11-17(13)21-18)20-8-7-15-10-12-1-2-14(15)9-12;18-17-6-4-12-3-5-15(9-16(12)20-17)19-10-14-8-11-1-2-13(14)7-11;18-17(9-7-13-4-2-1-3-5-13)19-12-16-11-14-6-8-15(16)10-14;15-12-3-4-13(16)14(12)6-5-11-8-9-1-2-10(11)7-9;1-2-3-13(14)15-7-6-12-9-10-4-5-11(12)8-10;14-11-3-4-12(15)13(11)7-10-6-8-1-2-9(10)5-8;1-2-3-12(13)14-8-11-7-9-4-5-10(11)6-9/h1-6,12,14-15H,7-11H2;1-6,11-12,14-15H,7-10H2;1-6,9,11,13-14H,7-8,10H2;1-9,14-16H,10-12H2;1-4,9-11H,5-8H2;2-5,10-12H,6-9H2,1H3;1-4,8-10H,5-7H2;2-5,9-11H,6-8H2,1H3/b;;;9-7+;;3-2+;;3-2+. The van der Waals surface area contributed by atoms with Crippen molar-refractivity contribution in [2.24, 2.45) is 142 Å². The topological polar surface area (TPSA) is 270 Å². The third-order valence-electron chi connectivity index (χ3n) is 33.7. The first-order chi connectivity index (χ1) is 69.6. The number of benzene rings is 4. The van der Waals surface area contributed by atoms with E-state index in [-0.39, 0.29) is 64.6 Å². The van der Waals surface area contributed by atoms with Gasteiger partial charge in [0.2, 0.25) is 0 Å². The van der Waals surface area contributed by atoms with Crippen LogP contribution in [0.15, 0.2) is 291 Å². The molecular formula is C122H133N3O18. The number of hydrogen-bond donors (Lipinski definition) is 0. The highest BCUT2D eigenvalue weighted by Gasteiger charge is 2.47. The Morgan fingerprint density at radius 1 is 0.343 bits per heavy atom. The predicted molar refractivity (Wildman–Crippen MR) is 549 cm³/mol. The Balaban J connectivity index is 0.000000104. The second-order valence-electron chi connectivity index (χ2n) is 42.9. The van der Waals surface area contributed by atoms with Crippen molar-refractivity contribution in [2.75, 3.05) is 52.7 Å². The zero-order valence-corrected chi connectivity index (χ0v) is 82.0. The quantitative estimate of drug-likeness (QED) is 0.0129. The Labute approximate surface area is 837 Å². The molecule has 0 saturated heterocycles. The highest BCUT2D eigenvalue weighted by Crippen LogP contribution is 2.52. The number of nitrogens with zero attached hydrogens (tertiary/aromatic N) is 3. The van der Waals surface area contributed by atoms with E-state index in [0.717, 1.165) is 150 Å². The average molecular weight is 1930 g/mol. The molecule has 0 N–H and O–H groups in total. The average Bonchev–Trinajstić information content (AvgIpc) is 1.59. The lowest BCUT2D eigenvalue weighted by Crippen LogP contribution is -2.37. The van der Waals surface area contributed by atoms with E-state index in [0.29, 0.717) is 145 Å². The van der Waals surface area contributed by atoms with Crippen molar-refractivity contribution in [3.8, 4) is 11.5 Å². The van der Waals surface area contributed by atoms with Crippen LogP contribution in [0.3, 0.4) is 0 Å². The molecule has 4 aromatic carbocycles. The number of rotatable bonds is 25. The molecule has 17 aliphatic carbocycles. The Bertz CT molecular complexity index is 6290. The van der Waals surface area contributed by atoms with E-state index in [1.54, 1.807) is 42.5 Å². The largest absolute Gasteiger partial charge is 0.493 e. The van der Waals surface area contributed by atoms with Crippen LogP contribution in [0.5, 0.6) is 11.5 Å². The molecule has 21 heteroatoms. The summed E-state index contributed by atoms with van der Waals surface area (Å²) >= 11 is 0. The maximum atomic E-state index is 12.9. The number of fused-ring (bicyclic) bond motifs is 20. The number of ether oxygens (including phenoxy) is 5. The first-order valence-corrected chi connectivity index (χ1v) is 52.7. The van der Waals surface area contributed by atoms with Gasteiger partial charge in [-0.3, -0.25) is 43.5 Å². The van der Waals surface area contributed by atoms with Crippen LogP contribution >= 0.6 is 0 Å². The Hall–Kier alpha value is -12.9. The fourth-order valence-corrected chi connectivity index (χ4v) is 26.3. The van der Waals surface area contributed by atoms with Crippen molar-refractivity contribution < 1.29 is 75.7 Å². The summed E-state index contributed by atoms with van der Waals surface area (Å²) in [4.78, 5) is 132. The number of carbonyl (C=O) groups excluding carboxylic acids is 9. The van der Waals surface area contributed by atoms with Crippen LogP contribution in [0, 0.1) is 142 Å². The van der Waals surface area contributed by atoms with Crippen molar-refractivity contribution >= 4 is 86.9 Å². The van der Waals surface area contributed by atoms with Gasteiger partial charge in [-0.1, -0.05) is 164 Å². The predicted octanol–water partition coefficient (Wildman–Crippen LogP) is 21.2. The lowest BCUT2D eigenvalue weighted by molar-refractivity contribution is -0.140. The van der Waals surface area contributed by atoms with Crippen molar-refractivity contribution in [3.05, 3.63) is 310 Å². The fourth-order valence-electron chi connectivity index (χ4n) is 26.3. The van der Waals surface area contributed by atoms with Gasteiger partial charge >= 0.3 is 29.2 Å². The summed E-state index contributed by atoms with van der Waals surface area (Å²) in [5.74, 6) is 16.5. The number of amides is 6. The fraction of sp³-hybridized carbons (Fsp3) is 0.451. The molecule has 26 rings (SSSR count). The van der Waals surface area contributed by atoms with E-state index in [1.165, 1.54) is 165 Å². The van der Waals surface area contributed by atoms with Gasteiger partial charge in [-0.25, -0.2) is 24.0 Å². The second-order valence-corrected chi connectivity index (χ2v) is 42.9. The molecule has 24 unspecified atom stereocenters. The lowest BCUT2D eigenvalue weighted by Gasteiger charge is -2.24. The monoisotopic (exact) mass is 1930 g/mol. The molecule has 744 valence electrons. The first kappa shape index (κ1) is 98.9. The Kier molecular flexibility index (Phi) is 31.6. The van der Waals surface area contributed by atoms with Crippen molar-refractivity contribution in [1.82, 2.24) is 14.7 Å². The van der Waals surface area contributed by atoms with Crippen molar-refractivity contribution in [1.29, 1.82) is 0 Å². The van der Waals surface area contributed by atoms with Crippen LogP contribution < -0.4 is 20.7 Å². The van der Waals surface area contributed by atoms with E-state index >= 15 is 0 Å². The van der Waals surface area contributed by atoms with Crippen molar-refractivity contribution in [2.45, 2.75) is 149 Å². The van der Waals surface area contributed by atoms with E-state index in [9.17, 15) is 52.7 Å². The SMILES string of the molecule is C/C=C/C(=O)OCC1CC2C=CC1C2.C/C=C/C(=O)OCCC1CC2C=CC1C2.O=C(/C=C/c1ccccc1)OCC1CC2C=CC1C2.O=C1C2=C(C(=O)N1CC1CC3C=CC1C3)c1ccccc1CC2.O=C1C=CC(=O)N1CC1CC2C=CC1C2.O=C1C=CC(=O)N1CCC1CC2C=CC1C2.O=c1ccc2ccc(OCC3CC4C=CC3C4)cc2o1.O=c1ccc2ccc(OCCC3CC4C=CC3C4)cc2o1. The molecule has 21 nitrogen and oxygen atoms in total. The van der Waals surface area contributed by atoms with Crippen LogP contribution in [-0.4, -0.2) is 121 Å². The maximum Gasteiger partial charge on any atom is 0.336 e. The van der Waals surface area contributed by atoms with Gasteiger partial charge in [-0.05, 0) is 350 Å². The van der Waals surface area contributed by atoms with E-state index < -0.39 is 0 Å². The molecule has 0 spiro atoms. The molecule has 8 saturated carbocycles. The third-order valence-corrected chi connectivity index (χ3v) is 33.7. The molecule has 6 aromatic rings. The molecule has 5 heterocycles. The summed E-state index contributed by atoms with van der Waals surface area (Å²) in [6, 6.07) is 35.5. The zero-order chi connectivity index (χ0) is 98.6. The summed E-state index contributed by atoms with van der Waals surface area (Å²) in [7, 11) is 0. The number of carbonyl (C=O) groups is 9. The number of imide groups is 3. The third kappa shape index (κ3) is 24.4. The summed E-state index contributed by atoms with van der Waals surface area (Å²) in [6.07, 6.45) is 76.7. The Morgan fingerprint density at radius 2 is 0.720 bits per heavy atom. The van der Waals surface area contributed by atoms with Crippen LogP contribution in [0.1, 0.15) is 159 Å². The molecule has 2 aromatic heterocycles. The molecule has 24 atom stereocenters. The molecular weight excluding hydrogens is 1800 g/mol. The number of hydrogen-bond acceptors (Lipinski definition) is 18. The second kappa shape index (κ2) is 45.8. The maximum absolute atomic E-state index is 12.9. The molecule has 8 fully saturated rings. The highest BCUT2D eigenvalue weighted by atomic mass is 16.5.